The van der Waals surface area contributed by atoms with Gasteiger partial charge in [-0.1, -0.05) is 0 Å². The van der Waals surface area contributed by atoms with Crippen molar-refractivity contribution in [2.75, 3.05) is 0 Å². The van der Waals surface area contributed by atoms with E-state index in [0.29, 0.717) is 5.34 Å². The summed E-state index contributed by atoms with van der Waals surface area (Å²) in [6.45, 7) is 0. The van der Waals surface area contributed by atoms with E-state index in [1.807, 2.05) is 0 Å². The van der Waals surface area contributed by atoms with Crippen molar-refractivity contribution < 1.29 is 4.10 Å². The first-order valence-corrected chi connectivity index (χ1v) is 3.97. The first-order chi connectivity index (χ1) is 2.41. The molecule has 5 heteroatoms. The van der Waals surface area contributed by atoms with Crippen LogP contribution < -0.4 is 0 Å². The standard InChI is InChI=1S/BClHIOS/c2-5-4-1-3/h1H. The van der Waals surface area contributed by atoms with Crippen LogP contribution in [0.4, 0.5) is 0 Å². The van der Waals surface area contributed by atoms with Gasteiger partial charge < -0.3 is 4.10 Å². The lowest BCUT2D eigenvalue weighted by molar-refractivity contribution is 0.733. The second kappa shape index (κ2) is 5.39. The first-order valence-electron chi connectivity index (χ1n) is 0.877. The zero-order valence-corrected chi connectivity index (χ0v) is 6.01. The van der Waals surface area contributed by atoms with E-state index in [0.717, 1.165) is 11.3 Å². The normalized spacial score (nSPS) is 7.60. The molecule has 30 valence electrons. The van der Waals surface area contributed by atoms with Gasteiger partial charge in [-0.05, 0) is 10.7 Å². The molecule has 1 nitrogen and oxygen atoms in total. The van der Waals surface area contributed by atoms with Crippen molar-refractivity contribution in [2.24, 2.45) is 0 Å². The number of hydrogen-bond donors (Lipinski definition) is 0. The van der Waals surface area contributed by atoms with Gasteiger partial charge in [0, 0.05) is 0 Å². The lowest BCUT2D eigenvalue weighted by Crippen LogP contribution is -1.68. The Bertz CT molecular complexity index is 19.1. The second-order valence-corrected chi connectivity index (χ2v) is 1.65. The van der Waals surface area contributed by atoms with E-state index in [4.69, 9.17) is 10.7 Å². The highest BCUT2D eigenvalue weighted by molar-refractivity contribution is 14.1. The maximum atomic E-state index is 4.99. The Hall–Kier alpha value is 1.39. The van der Waals surface area contributed by atoms with Crippen molar-refractivity contribution in [2.45, 2.75) is 0 Å². The molecule has 0 unspecified atom stereocenters. The predicted octanol–water partition coefficient (Wildman–Crippen LogP) is 1.51. The lowest BCUT2D eigenvalue weighted by Gasteiger charge is -1.78. The van der Waals surface area contributed by atoms with Crippen LogP contribution in [0.3, 0.4) is 0 Å². The summed E-state index contributed by atoms with van der Waals surface area (Å²) in [7, 11) is 4.99. The molecule has 0 aliphatic heterocycles. The van der Waals surface area contributed by atoms with Crippen LogP contribution in [0, 0.1) is 0 Å². The lowest BCUT2D eigenvalue weighted by atomic mass is 10.6. The topological polar surface area (TPSA) is 9.23 Å². The summed E-state index contributed by atoms with van der Waals surface area (Å²) in [6.07, 6.45) is 0. The fourth-order valence-corrected chi connectivity index (χ4v) is 1.02. The van der Waals surface area contributed by atoms with E-state index in [1.54, 1.807) is 0 Å². The van der Waals surface area contributed by atoms with E-state index in [9.17, 15) is 0 Å². The minimum atomic E-state index is 0.645. The van der Waals surface area contributed by atoms with Crippen molar-refractivity contribution in [3.63, 3.8) is 0 Å². The molecule has 0 aromatic heterocycles. The van der Waals surface area contributed by atoms with Crippen molar-refractivity contribution in [3.05, 3.63) is 0 Å². The Morgan fingerprint density at radius 2 is 2.60 bits per heavy atom. The van der Waals surface area contributed by atoms with Crippen LogP contribution >= 0.6 is 44.3 Å². The quantitative estimate of drug-likeness (QED) is 0.398. The third kappa shape index (κ3) is 5.39. The molecule has 0 saturated carbocycles. The molecule has 0 aromatic carbocycles. The highest BCUT2D eigenvalue weighted by Gasteiger charge is 1.75. The molecule has 0 radical (unpaired) electrons. The maximum Gasteiger partial charge on any atom is 0.364 e. The van der Waals surface area contributed by atoms with Gasteiger partial charge in [0.15, 0.2) is 0 Å². The fraction of sp³-hybridized carbons (Fsp3) is 0. The Morgan fingerprint density at radius 1 is 2.00 bits per heavy atom. The molecule has 0 aliphatic carbocycles. The smallest absolute Gasteiger partial charge is 0.354 e. The largest absolute Gasteiger partial charge is 0.364 e. The molecular weight excluding hydrogens is 221 g/mol. The number of hydrogen-bond acceptors (Lipinski definition) is 2. The van der Waals surface area contributed by atoms with E-state index < -0.39 is 0 Å². The van der Waals surface area contributed by atoms with Crippen molar-refractivity contribution in [1.82, 2.24) is 0 Å². The van der Waals surface area contributed by atoms with Crippen LogP contribution in [0.15, 0.2) is 0 Å². The molecule has 5 heavy (non-hydrogen) atoms. The molecule has 0 atom stereocenters. The Labute approximate surface area is 53.6 Å². The summed E-state index contributed by atoms with van der Waals surface area (Å²) in [5.41, 5.74) is 0. The molecule has 0 fully saturated rings. The highest BCUT2D eigenvalue weighted by Crippen LogP contribution is 2.06. The molecule has 0 N–H and O–H groups in total. The summed E-state index contributed by atoms with van der Waals surface area (Å²) in [6, 6.07) is 0. The fourth-order valence-electron chi connectivity index (χ4n) is 0.0168. The van der Waals surface area contributed by atoms with Gasteiger partial charge in [0.2, 0.25) is 0 Å². The van der Waals surface area contributed by atoms with E-state index in [-0.39, 0.29) is 0 Å². The molecule has 0 spiro atoms. The van der Waals surface area contributed by atoms with Crippen LogP contribution in [0.2, 0.25) is 0 Å². The van der Waals surface area contributed by atoms with Crippen LogP contribution in [-0.2, 0) is 4.10 Å². The summed E-state index contributed by atoms with van der Waals surface area (Å²) < 4.78 is 4.50. The molecular formula is HBClIOS. The van der Waals surface area contributed by atoms with Crippen molar-refractivity contribution in [3.8, 4) is 0 Å². The molecule has 0 aliphatic rings. The van der Waals surface area contributed by atoms with E-state index in [2.05, 4.69) is 26.5 Å². The molecule has 0 amide bonds. The van der Waals surface area contributed by atoms with E-state index >= 15 is 0 Å². The van der Waals surface area contributed by atoms with Crippen LogP contribution in [-0.4, -0.2) is 5.34 Å². The zero-order chi connectivity index (χ0) is 4.12. The number of rotatable bonds is 2. The Morgan fingerprint density at radius 3 is 2.60 bits per heavy atom. The zero-order valence-electron chi connectivity index (χ0n) is 2.28. The third-order valence-corrected chi connectivity index (χ3v) is 1.30. The average Bonchev–Trinajstić information content (AvgIpc) is 1.41. The molecule has 0 aromatic rings. The minimum Gasteiger partial charge on any atom is -0.354 e. The average molecular weight is 222 g/mol. The van der Waals surface area contributed by atoms with Gasteiger partial charge in [0.25, 0.3) is 0 Å². The highest BCUT2D eigenvalue weighted by atomic mass is 127. The van der Waals surface area contributed by atoms with Crippen molar-refractivity contribution in [1.29, 1.82) is 0 Å². The summed E-state index contributed by atoms with van der Waals surface area (Å²) in [5, 5.41) is 0.645. The Kier molecular flexibility index (Phi) is 6.90. The van der Waals surface area contributed by atoms with Crippen LogP contribution in [0.25, 0.3) is 0 Å². The Balaban J connectivity index is 2.19. The van der Waals surface area contributed by atoms with Gasteiger partial charge in [-0.2, -0.15) is 0 Å². The SMILES string of the molecule is ClSOBI. The maximum absolute atomic E-state index is 4.99. The van der Waals surface area contributed by atoms with Crippen molar-refractivity contribution >= 4 is 49.7 Å². The van der Waals surface area contributed by atoms with Gasteiger partial charge in [0.05, 0.1) is 11.3 Å². The molecule has 0 saturated heterocycles. The molecule has 0 rings (SSSR count). The minimum absolute atomic E-state index is 0.645. The molecule has 0 heterocycles. The summed E-state index contributed by atoms with van der Waals surface area (Å²) >= 11 is 2.93. The van der Waals surface area contributed by atoms with Gasteiger partial charge in [-0.15, -0.1) is 22.4 Å². The van der Waals surface area contributed by atoms with Crippen LogP contribution in [0.1, 0.15) is 0 Å². The molecule has 0 bridgehead atoms. The van der Waals surface area contributed by atoms with E-state index in [1.165, 1.54) is 0 Å². The second-order valence-electron chi connectivity index (χ2n) is 0.290. The summed E-state index contributed by atoms with van der Waals surface area (Å²) in [4.78, 5) is 0. The monoisotopic (exact) mass is 222 g/mol. The van der Waals surface area contributed by atoms with Gasteiger partial charge in [0.1, 0.15) is 0 Å². The first kappa shape index (κ1) is 6.39. The van der Waals surface area contributed by atoms with Gasteiger partial charge in [-0.3, -0.25) is 0 Å². The van der Waals surface area contributed by atoms with Crippen LogP contribution in [0.5, 0.6) is 0 Å². The number of halogens is 2. The third-order valence-electron chi connectivity index (χ3n) is 0.0891. The predicted molar refractivity (Wildman–Crippen MR) is 35.7 cm³/mol. The summed E-state index contributed by atoms with van der Waals surface area (Å²) in [5.74, 6) is 0. The van der Waals surface area contributed by atoms with Gasteiger partial charge >= 0.3 is 5.34 Å². The van der Waals surface area contributed by atoms with Gasteiger partial charge in [-0.25, -0.2) is 0 Å².